The molecule has 0 bridgehead atoms. The quantitative estimate of drug-likeness (QED) is 0.746. The van der Waals surface area contributed by atoms with Crippen molar-refractivity contribution in [2.45, 2.75) is 65.0 Å². The summed E-state index contributed by atoms with van der Waals surface area (Å²) in [5.74, 6) is -1.23. The van der Waals surface area contributed by atoms with Crippen molar-refractivity contribution in [3.63, 3.8) is 0 Å². The Morgan fingerprint density at radius 2 is 1.95 bits per heavy atom. The lowest BCUT2D eigenvalue weighted by Gasteiger charge is -2.26. The molecule has 21 heavy (non-hydrogen) atoms. The second kappa shape index (κ2) is 6.91. The molecule has 1 unspecified atom stereocenters. The van der Waals surface area contributed by atoms with Crippen LogP contribution in [0.3, 0.4) is 0 Å². The molecule has 1 fully saturated rings. The molecule has 1 saturated heterocycles. The Morgan fingerprint density at radius 3 is 2.43 bits per heavy atom. The highest BCUT2D eigenvalue weighted by atomic mass is 16.6. The number of hydrogen-bond acceptors (Lipinski definition) is 5. The van der Waals surface area contributed by atoms with E-state index in [-0.39, 0.29) is 11.8 Å². The molecular formula is C15H25NO5. The number of rotatable bonds is 4. The van der Waals surface area contributed by atoms with Gasteiger partial charge in [0.2, 0.25) is 5.91 Å². The van der Waals surface area contributed by atoms with Crippen LogP contribution >= 0.6 is 0 Å². The van der Waals surface area contributed by atoms with Gasteiger partial charge in [0.1, 0.15) is 11.6 Å². The highest BCUT2D eigenvalue weighted by Crippen LogP contribution is 2.30. The van der Waals surface area contributed by atoms with Gasteiger partial charge in [-0.15, -0.1) is 0 Å². The van der Waals surface area contributed by atoms with E-state index in [1.165, 1.54) is 7.11 Å². The molecule has 120 valence electrons. The Balaban J connectivity index is 2.92. The second-order valence-electron chi connectivity index (χ2n) is 6.30. The zero-order chi connectivity index (χ0) is 16.2. The largest absolute Gasteiger partial charge is 0.467 e. The molecule has 6 heteroatoms. The third kappa shape index (κ3) is 4.44. The van der Waals surface area contributed by atoms with Crippen molar-refractivity contribution in [3.8, 4) is 0 Å². The average Bonchev–Trinajstić information content (AvgIpc) is 2.70. The first-order chi connectivity index (χ1) is 9.71. The van der Waals surface area contributed by atoms with Crippen molar-refractivity contribution in [1.82, 2.24) is 4.90 Å². The first kappa shape index (κ1) is 17.5. The molecule has 2 amide bonds. The maximum Gasteiger partial charge on any atom is 0.417 e. The minimum Gasteiger partial charge on any atom is -0.467 e. The lowest BCUT2D eigenvalue weighted by molar-refractivity contribution is -0.148. The summed E-state index contributed by atoms with van der Waals surface area (Å²) in [5.41, 5.74) is -0.723. The number of carbonyl (C=O) groups is 3. The van der Waals surface area contributed by atoms with Gasteiger partial charge in [0.25, 0.3) is 0 Å². The van der Waals surface area contributed by atoms with E-state index in [0.29, 0.717) is 12.8 Å². The van der Waals surface area contributed by atoms with Crippen molar-refractivity contribution in [3.05, 3.63) is 0 Å². The first-order valence-electron chi connectivity index (χ1n) is 7.35. The van der Waals surface area contributed by atoms with E-state index < -0.39 is 23.7 Å². The Morgan fingerprint density at radius 1 is 1.33 bits per heavy atom. The summed E-state index contributed by atoms with van der Waals surface area (Å²) in [7, 11) is 1.25. The number of hydrogen-bond donors (Lipinski definition) is 0. The SMILES string of the molecule is CCCCC1C[C@@H](C(=O)OC)N(C(=O)OC(C)(C)C)C1=O. The van der Waals surface area contributed by atoms with Crippen LogP contribution in [0.1, 0.15) is 53.4 Å². The minimum absolute atomic E-state index is 0.310. The molecule has 0 aromatic carbocycles. The van der Waals surface area contributed by atoms with Crippen LogP contribution in [0, 0.1) is 5.92 Å². The number of imide groups is 1. The van der Waals surface area contributed by atoms with E-state index in [9.17, 15) is 14.4 Å². The Kier molecular flexibility index (Phi) is 5.75. The van der Waals surface area contributed by atoms with Crippen LogP contribution < -0.4 is 0 Å². The van der Waals surface area contributed by atoms with Gasteiger partial charge < -0.3 is 9.47 Å². The monoisotopic (exact) mass is 299 g/mol. The van der Waals surface area contributed by atoms with Crippen LogP contribution in [0.15, 0.2) is 0 Å². The van der Waals surface area contributed by atoms with E-state index in [4.69, 9.17) is 9.47 Å². The molecule has 1 rings (SSSR count). The zero-order valence-corrected chi connectivity index (χ0v) is 13.5. The van der Waals surface area contributed by atoms with Crippen molar-refractivity contribution in [2.75, 3.05) is 7.11 Å². The fraction of sp³-hybridized carbons (Fsp3) is 0.800. The second-order valence-corrected chi connectivity index (χ2v) is 6.30. The third-order valence-electron chi connectivity index (χ3n) is 3.38. The summed E-state index contributed by atoms with van der Waals surface area (Å²) in [5, 5.41) is 0. The van der Waals surface area contributed by atoms with Crippen LogP contribution in [-0.4, -0.2) is 41.6 Å². The molecular weight excluding hydrogens is 274 g/mol. The molecule has 0 saturated carbocycles. The summed E-state index contributed by atoms with van der Waals surface area (Å²) >= 11 is 0. The lowest BCUT2D eigenvalue weighted by atomic mass is 9.98. The Hall–Kier alpha value is -1.59. The van der Waals surface area contributed by atoms with E-state index in [0.717, 1.165) is 17.7 Å². The molecule has 0 aromatic heterocycles. The molecule has 2 atom stereocenters. The molecule has 0 aliphatic carbocycles. The summed E-state index contributed by atoms with van der Waals surface area (Å²) in [4.78, 5) is 37.3. The number of amides is 2. The average molecular weight is 299 g/mol. The van der Waals surface area contributed by atoms with Gasteiger partial charge in [0.05, 0.1) is 7.11 Å². The Labute approximate surface area is 125 Å². The van der Waals surface area contributed by atoms with Gasteiger partial charge in [-0.05, 0) is 33.6 Å². The number of unbranched alkanes of at least 4 members (excludes halogenated alkanes) is 1. The smallest absolute Gasteiger partial charge is 0.417 e. The van der Waals surface area contributed by atoms with Gasteiger partial charge in [-0.2, -0.15) is 0 Å². The molecule has 0 spiro atoms. The van der Waals surface area contributed by atoms with Gasteiger partial charge in [-0.3, -0.25) is 4.79 Å². The number of likely N-dealkylation sites (tertiary alicyclic amines) is 1. The molecule has 0 aromatic rings. The highest BCUT2D eigenvalue weighted by Gasteiger charge is 2.48. The van der Waals surface area contributed by atoms with Gasteiger partial charge in [-0.1, -0.05) is 19.8 Å². The lowest BCUT2D eigenvalue weighted by Crippen LogP contribution is -2.46. The number of nitrogens with zero attached hydrogens (tertiary/aromatic N) is 1. The maximum atomic E-state index is 12.4. The minimum atomic E-state index is -0.876. The number of methoxy groups -OCH3 is 1. The summed E-state index contributed by atoms with van der Waals surface area (Å²) in [6, 6.07) is -0.876. The number of esters is 1. The van der Waals surface area contributed by atoms with Crippen molar-refractivity contribution in [2.24, 2.45) is 5.92 Å². The van der Waals surface area contributed by atoms with Gasteiger partial charge in [0.15, 0.2) is 0 Å². The van der Waals surface area contributed by atoms with Gasteiger partial charge in [-0.25, -0.2) is 14.5 Å². The molecule has 6 nitrogen and oxygen atoms in total. The highest BCUT2D eigenvalue weighted by molar-refractivity contribution is 6.00. The van der Waals surface area contributed by atoms with Crippen LogP contribution in [0.4, 0.5) is 4.79 Å². The molecule has 0 N–H and O–H groups in total. The van der Waals surface area contributed by atoms with Crippen molar-refractivity contribution < 1.29 is 23.9 Å². The summed E-state index contributed by atoms with van der Waals surface area (Å²) in [6.07, 6.45) is 2.04. The predicted molar refractivity (Wildman–Crippen MR) is 76.5 cm³/mol. The van der Waals surface area contributed by atoms with E-state index >= 15 is 0 Å². The van der Waals surface area contributed by atoms with E-state index in [2.05, 4.69) is 0 Å². The fourth-order valence-corrected chi connectivity index (χ4v) is 2.38. The predicted octanol–water partition coefficient (Wildman–Crippen LogP) is 2.50. The standard InChI is InChI=1S/C15H25NO5/c1-6-7-8-10-9-11(13(18)20-5)16(12(10)17)14(19)21-15(2,3)4/h10-11H,6-9H2,1-5H3/t10?,11-/m0/s1. The number of carbonyl (C=O) groups excluding carboxylic acids is 3. The third-order valence-corrected chi connectivity index (χ3v) is 3.38. The first-order valence-corrected chi connectivity index (χ1v) is 7.35. The van der Waals surface area contributed by atoms with Crippen LogP contribution in [-0.2, 0) is 19.1 Å². The zero-order valence-electron chi connectivity index (χ0n) is 13.5. The molecule has 1 heterocycles. The molecule has 1 aliphatic rings. The normalized spacial score (nSPS) is 22.3. The van der Waals surface area contributed by atoms with Gasteiger partial charge >= 0.3 is 12.1 Å². The molecule has 0 radical (unpaired) electrons. The summed E-state index contributed by atoms with van der Waals surface area (Å²) in [6.45, 7) is 7.18. The maximum absolute atomic E-state index is 12.4. The fourth-order valence-electron chi connectivity index (χ4n) is 2.38. The van der Waals surface area contributed by atoms with Gasteiger partial charge in [0, 0.05) is 5.92 Å². The van der Waals surface area contributed by atoms with Crippen LogP contribution in [0.5, 0.6) is 0 Å². The van der Waals surface area contributed by atoms with E-state index in [1.54, 1.807) is 20.8 Å². The Bertz CT molecular complexity index is 413. The molecule has 1 aliphatic heterocycles. The van der Waals surface area contributed by atoms with Crippen LogP contribution in [0.25, 0.3) is 0 Å². The van der Waals surface area contributed by atoms with Crippen LogP contribution in [0.2, 0.25) is 0 Å². The van der Waals surface area contributed by atoms with Crippen molar-refractivity contribution in [1.29, 1.82) is 0 Å². The summed E-state index contributed by atoms with van der Waals surface area (Å²) < 4.78 is 9.93. The topological polar surface area (TPSA) is 72.9 Å². The number of ether oxygens (including phenoxy) is 2. The van der Waals surface area contributed by atoms with E-state index in [1.807, 2.05) is 6.92 Å². The van der Waals surface area contributed by atoms with Crippen molar-refractivity contribution >= 4 is 18.0 Å².